The molecule has 0 unspecified atom stereocenters. The Hall–Kier alpha value is -2.28. The Kier molecular flexibility index (Phi) is 1.92. The Morgan fingerprint density at radius 3 is 2.71 bits per heavy atom. The Bertz CT molecular complexity index is 482. The van der Waals surface area contributed by atoms with Gasteiger partial charge in [-0.2, -0.15) is 5.26 Å². The fourth-order valence-electron chi connectivity index (χ4n) is 1.23. The molecule has 0 fully saturated rings. The third kappa shape index (κ3) is 1.21. The van der Waals surface area contributed by atoms with Crippen LogP contribution < -0.4 is 5.73 Å². The smallest absolute Gasteiger partial charge is 0.208 e. The zero-order valence-corrected chi connectivity index (χ0v) is 7.27. The number of nitrogens with two attached hydrogens (primary N) is 1. The van der Waals surface area contributed by atoms with E-state index in [9.17, 15) is 0 Å². The predicted octanol–water partition coefficient (Wildman–Crippen LogP) is 1.80. The van der Waals surface area contributed by atoms with Gasteiger partial charge in [0.05, 0.1) is 0 Å². The third-order valence-corrected chi connectivity index (χ3v) is 1.92. The highest BCUT2D eigenvalue weighted by molar-refractivity contribution is 5.74. The molecule has 0 saturated carbocycles. The maximum Gasteiger partial charge on any atom is 0.208 e. The number of rotatable bonds is 1. The number of nitriles is 1. The molecule has 0 aliphatic carbocycles. The lowest BCUT2D eigenvalue weighted by atomic mass is 10.1. The minimum absolute atomic E-state index is 0.152. The van der Waals surface area contributed by atoms with Crippen molar-refractivity contribution >= 4 is 5.88 Å². The lowest BCUT2D eigenvalue weighted by Gasteiger charge is -1.95. The molecule has 0 aromatic carbocycles. The average molecular weight is 185 g/mol. The van der Waals surface area contributed by atoms with Crippen LogP contribution >= 0.6 is 0 Å². The molecule has 4 heteroatoms. The molecule has 2 aromatic rings. The minimum atomic E-state index is 0.152. The van der Waals surface area contributed by atoms with Gasteiger partial charge in [0.1, 0.15) is 17.9 Å². The largest absolute Gasteiger partial charge is 0.447 e. The molecular formula is C10H7N3O. The molecule has 4 nitrogen and oxygen atoms in total. The van der Waals surface area contributed by atoms with Gasteiger partial charge in [-0.25, -0.2) is 0 Å². The highest BCUT2D eigenvalue weighted by Gasteiger charge is 2.11. The van der Waals surface area contributed by atoms with Crippen molar-refractivity contribution in [1.82, 2.24) is 4.98 Å². The number of nitrogens with zero attached hydrogens (tertiary/aromatic N) is 2. The van der Waals surface area contributed by atoms with E-state index in [1.165, 1.54) is 6.26 Å². The molecule has 0 spiro atoms. The van der Waals surface area contributed by atoms with Crippen LogP contribution in [0.25, 0.3) is 11.1 Å². The van der Waals surface area contributed by atoms with E-state index in [2.05, 4.69) is 4.98 Å². The second kappa shape index (κ2) is 3.23. The maximum atomic E-state index is 8.84. The molecule has 0 amide bonds. The average Bonchev–Trinajstić information content (AvgIpc) is 2.61. The van der Waals surface area contributed by atoms with E-state index in [-0.39, 0.29) is 5.88 Å². The molecule has 0 saturated heterocycles. The highest BCUT2D eigenvalue weighted by Crippen LogP contribution is 2.28. The summed E-state index contributed by atoms with van der Waals surface area (Å²) in [7, 11) is 0. The van der Waals surface area contributed by atoms with Crippen LogP contribution in [0.3, 0.4) is 0 Å². The molecule has 2 aromatic heterocycles. The standard InChI is InChI=1S/C10H7N3O/c11-5-8-9(6-14-10(8)12)7-1-3-13-4-2-7/h1-4,6H,12H2. The number of hydrogen-bond donors (Lipinski definition) is 1. The van der Waals surface area contributed by atoms with E-state index in [0.717, 1.165) is 5.56 Å². The number of nitrogen functional groups attached to an aromatic ring is 1. The summed E-state index contributed by atoms with van der Waals surface area (Å²) < 4.78 is 4.98. The normalized spacial score (nSPS) is 9.64. The van der Waals surface area contributed by atoms with E-state index < -0.39 is 0 Å². The topological polar surface area (TPSA) is 75.8 Å². The summed E-state index contributed by atoms with van der Waals surface area (Å²) in [5.41, 5.74) is 7.43. The van der Waals surface area contributed by atoms with Crippen molar-refractivity contribution in [2.75, 3.05) is 5.73 Å². The van der Waals surface area contributed by atoms with Crippen LogP contribution in [0.4, 0.5) is 5.88 Å². The fourth-order valence-corrected chi connectivity index (χ4v) is 1.23. The first-order valence-corrected chi connectivity index (χ1v) is 4.00. The van der Waals surface area contributed by atoms with Crippen LogP contribution in [-0.2, 0) is 0 Å². The van der Waals surface area contributed by atoms with E-state index >= 15 is 0 Å². The Morgan fingerprint density at radius 2 is 2.07 bits per heavy atom. The van der Waals surface area contributed by atoms with Gasteiger partial charge in [0, 0.05) is 18.0 Å². The zero-order chi connectivity index (χ0) is 9.97. The van der Waals surface area contributed by atoms with Gasteiger partial charge in [-0.1, -0.05) is 0 Å². The number of furan rings is 1. The van der Waals surface area contributed by atoms with Crippen molar-refractivity contribution in [1.29, 1.82) is 5.26 Å². The zero-order valence-electron chi connectivity index (χ0n) is 7.27. The molecule has 2 N–H and O–H groups in total. The van der Waals surface area contributed by atoms with Gasteiger partial charge in [-0.15, -0.1) is 0 Å². The molecule has 0 bridgehead atoms. The summed E-state index contributed by atoms with van der Waals surface area (Å²) in [4.78, 5) is 3.89. The molecule has 68 valence electrons. The van der Waals surface area contributed by atoms with Gasteiger partial charge in [-0.05, 0) is 17.7 Å². The van der Waals surface area contributed by atoms with Crippen molar-refractivity contribution in [3.05, 3.63) is 36.4 Å². The molecule has 0 aliphatic rings. The molecule has 0 aliphatic heterocycles. The van der Waals surface area contributed by atoms with Crippen molar-refractivity contribution in [2.24, 2.45) is 0 Å². The molecule has 14 heavy (non-hydrogen) atoms. The van der Waals surface area contributed by atoms with Gasteiger partial charge in [0.15, 0.2) is 0 Å². The van der Waals surface area contributed by atoms with Crippen molar-refractivity contribution in [3.63, 3.8) is 0 Å². The summed E-state index contributed by atoms with van der Waals surface area (Å²) in [6.45, 7) is 0. The number of pyridine rings is 1. The summed E-state index contributed by atoms with van der Waals surface area (Å²) in [6.07, 6.45) is 4.78. The highest BCUT2D eigenvalue weighted by atomic mass is 16.3. The van der Waals surface area contributed by atoms with Gasteiger partial charge >= 0.3 is 0 Å². The van der Waals surface area contributed by atoms with E-state index in [1.807, 2.05) is 6.07 Å². The van der Waals surface area contributed by atoms with Gasteiger partial charge < -0.3 is 10.2 Å². The first kappa shape index (κ1) is 8.32. The predicted molar refractivity (Wildman–Crippen MR) is 51.1 cm³/mol. The molecule has 0 radical (unpaired) electrons. The van der Waals surface area contributed by atoms with Crippen molar-refractivity contribution in [2.45, 2.75) is 0 Å². The van der Waals surface area contributed by atoms with Crippen molar-refractivity contribution in [3.8, 4) is 17.2 Å². The van der Waals surface area contributed by atoms with Gasteiger partial charge in [0.2, 0.25) is 5.88 Å². The lowest BCUT2D eigenvalue weighted by Crippen LogP contribution is -1.86. The summed E-state index contributed by atoms with van der Waals surface area (Å²) in [5.74, 6) is 0.152. The van der Waals surface area contributed by atoms with Crippen LogP contribution in [0.15, 0.2) is 35.2 Å². The Balaban J connectivity index is 2.59. The quantitative estimate of drug-likeness (QED) is 0.734. The summed E-state index contributed by atoms with van der Waals surface area (Å²) in [6, 6.07) is 5.60. The lowest BCUT2D eigenvalue weighted by molar-refractivity contribution is 0.588. The molecule has 2 rings (SSSR count). The van der Waals surface area contributed by atoms with Crippen LogP contribution in [0, 0.1) is 11.3 Å². The van der Waals surface area contributed by atoms with Crippen molar-refractivity contribution < 1.29 is 4.42 Å². The number of anilines is 1. The molecule has 2 heterocycles. The van der Waals surface area contributed by atoms with Gasteiger partial charge in [-0.3, -0.25) is 4.98 Å². The third-order valence-electron chi connectivity index (χ3n) is 1.92. The fraction of sp³-hybridized carbons (Fsp3) is 0. The SMILES string of the molecule is N#Cc1c(-c2ccncc2)coc1N. The first-order chi connectivity index (χ1) is 6.83. The van der Waals surface area contributed by atoms with Crippen LogP contribution in [0.2, 0.25) is 0 Å². The molecule has 0 atom stereocenters. The summed E-state index contributed by atoms with van der Waals surface area (Å²) in [5, 5.41) is 8.84. The second-order valence-corrected chi connectivity index (χ2v) is 2.74. The van der Waals surface area contributed by atoms with Crippen LogP contribution in [0.1, 0.15) is 5.56 Å². The van der Waals surface area contributed by atoms with E-state index in [1.54, 1.807) is 24.5 Å². The minimum Gasteiger partial charge on any atom is -0.447 e. The summed E-state index contributed by atoms with van der Waals surface area (Å²) >= 11 is 0. The monoisotopic (exact) mass is 185 g/mol. The number of hydrogen-bond acceptors (Lipinski definition) is 4. The van der Waals surface area contributed by atoms with E-state index in [0.29, 0.717) is 11.1 Å². The second-order valence-electron chi connectivity index (χ2n) is 2.74. The first-order valence-electron chi connectivity index (χ1n) is 4.00. The van der Waals surface area contributed by atoms with Gasteiger partial charge in [0.25, 0.3) is 0 Å². The Morgan fingerprint density at radius 1 is 1.36 bits per heavy atom. The molecular weight excluding hydrogens is 178 g/mol. The maximum absolute atomic E-state index is 8.84. The van der Waals surface area contributed by atoms with Crippen LogP contribution in [-0.4, -0.2) is 4.98 Å². The Labute approximate surface area is 80.6 Å². The number of aromatic nitrogens is 1. The van der Waals surface area contributed by atoms with Crippen LogP contribution in [0.5, 0.6) is 0 Å². The van der Waals surface area contributed by atoms with E-state index in [4.69, 9.17) is 15.4 Å².